The maximum atomic E-state index is 12.7. The molecule has 1 amide bonds. The molecule has 3 heterocycles. The summed E-state index contributed by atoms with van der Waals surface area (Å²) in [6, 6.07) is 0.253. The van der Waals surface area contributed by atoms with E-state index >= 15 is 0 Å². The molecule has 1 saturated heterocycles. The van der Waals surface area contributed by atoms with E-state index in [2.05, 4.69) is 29.2 Å². The molecule has 7 heteroatoms. The molecular weight excluding hydrogens is 294 g/mol. The highest BCUT2D eigenvalue weighted by molar-refractivity contribution is 5.82. The quantitative estimate of drug-likeness (QED) is 0.883. The zero-order valence-electron chi connectivity index (χ0n) is 14.3. The summed E-state index contributed by atoms with van der Waals surface area (Å²) < 4.78 is 7.09. The van der Waals surface area contributed by atoms with Crippen LogP contribution >= 0.6 is 0 Å². The fraction of sp³-hybridized carbons (Fsp3) is 0.812. The van der Waals surface area contributed by atoms with E-state index in [9.17, 15) is 4.79 Å². The van der Waals surface area contributed by atoms with Gasteiger partial charge >= 0.3 is 0 Å². The lowest BCUT2D eigenvalue weighted by Gasteiger charge is -2.37. The number of aromatic nitrogens is 3. The third kappa shape index (κ3) is 3.40. The molecule has 1 N–H and O–H groups in total. The summed E-state index contributed by atoms with van der Waals surface area (Å²) in [5.41, 5.74) is 0. The Balaban J connectivity index is 1.72. The predicted molar refractivity (Wildman–Crippen MR) is 85.7 cm³/mol. The lowest BCUT2D eigenvalue weighted by molar-refractivity contribution is -0.138. The molecular formula is C16H27N5O2. The first-order valence-corrected chi connectivity index (χ1v) is 8.59. The van der Waals surface area contributed by atoms with Crippen molar-refractivity contribution in [3.63, 3.8) is 0 Å². The van der Waals surface area contributed by atoms with Gasteiger partial charge in [-0.15, -0.1) is 0 Å². The van der Waals surface area contributed by atoms with E-state index in [-0.39, 0.29) is 24.0 Å². The van der Waals surface area contributed by atoms with Gasteiger partial charge in [0.25, 0.3) is 0 Å². The van der Waals surface area contributed by atoms with Crippen molar-refractivity contribution in [3.05, 3.63) is 11.6 Å². The van der Waals surface area contributed by atoms with Crippen LogP contribution in [0.2, 0.25) is 0 Å². The van der Waals surface area contributed by atoms with Crippen LogP contribution in [0.25, 0.3) is 0 Å². The van der Waals surface area contributed by atoms with Crippen molar-refractivity contribution in [2.75, 3.05) is 13.7 Å². The Hall–Kier alpha value is -1.47. The topological polar surface area (TPSA) is 72.3 Å². The van der Waals surface area contributed by atoms with Gasteiger partial charge < -0.3 is 9.64 Å². The number of carbonyl (C=O) groups excluding carboxylic acids is 1. The summed E-state index contributed by atoms with van der Waals surface area (Å²) in [4.78, 5) is 19.2. The Morgan fingerprint density at radius 2 is 2.00 bits per heavy atom. The monoisotopic (exact) mass is 321 g/mol. The van der Waals surface area contributed by atoms with E-state index in [1.807, 2.05) is 9.58 Å². The summed E-state index contributed by atoms with van der Waals surface area (Å²) in [7, 11) is 1.65. The number of piperidine rings is 1. The van der Waals surface area contributed by atoms with Gasteiger partial charge in [-0.25, -0.2) is 9.67 Å². The Bertz CT molecular complexity index is 557. The van der Waals surface area contributed by atoms with E-state index in [4.69, 9.17) is 4.74 Å². The van der Waals surface area contributed by atoms with Crippen molar-refractivity contribution in [3.8, 4) is 0 Å². The van der Waals surface area contributed by atoms with E-state index in [1.165, 1.54) is 0 Å². The number of fused-ring (bicyclic) bond motifs is 1. The Labute approximate surface area is 137 Å². The van der Waals surface area contributed by atoms with Crippen LogP contribution in [0.15, 0.2) is 0 Å². The molecule has 7 nitrogen and oxygen atoms in total. The minimum atomic E-state index is -0.106. The Kier molecular flexibility index (Phi) is 4.96. The number of likely N-dealkylation sites (tertiary alicyclic amines) is 1. The van der Waals surface area contributed by atoms with Gasteiger partial charge in [0.05, 0.1) is 12.1 Å². The first kappa shape index (κ1) is 16.4. The van der Waals surface area contributed by atoms with Gasteiger partial charge in [0.2, 0.25) is 5.91 Å². The van der Waals surface area contributed by atoms with E-state index < -0.39 is 0 Å². The minimum Gasteiger partial charge on any atom is -0.377 e. The SMILES string of the molecule is COCc1nc2n(n1)CCCC2NC1CCCN(C(C)C)C1=O. The normalized spacial score (nSPS) is 25.0. The molecule has 2 unspecified atom stereocenters. The van der Waals surface area contributed by atoms with E-state index in [0.717, 1.165) is 50.4 Å². The smallest absolute Gasteiger partial charge is 0.239 e. The van der Waals surface area contributed by atoms with Gasteiger partial charge in [-0.3, -0.25) is 10.1 Å². The fourth-order valence-electron chi connectivity index (χ4n) is 3.56. The molecule has 2 atom stereocenters. The van der Waals surface area contributed by atoms with Crippen LogP contribution in [0.4, 0.5) is 0 Å². The second-order valence-corrected chi connectivity index (χ2v) is 6.72. The maximum absolute atomic E-state index is 12.7. The number of nitrogens with one attached hydrogen (secondary N) is 1. The number of methoxy groups -OCH3 is 1. The summed E-state index contributed by atoms with van der Waals surface area (Å²) >= 11 is 0. The Morgan fingerprint density at radius 3 is 2.74 bits per heavy atom. The molecule has 0 bridgehead atoms. The van der Waals surface area contributed by atoms with Crippen LogP contribution in [0.1, 0.15) is 57.2 Å². The average Bonchev–Trinajstić information content (AvgIpc) is 2.93. The van der Waals surface area contributed by atoms with Crippen molar-refractivity contribution in [2.24, 2.45) is 0 Å². The van der Waals surface area contributed by atoms with Crippen molar-refractivity contribution in [2.45, 2.75) is 70.8 Å². The zero-order chi connectivity index (χ0) is 16.4. The van der Waals surface area contributed by atoms with Crippen molar-refractivity contribution >= 4 is 5.91 Å². The van der Waals surface area contributed by atoms with Crippen LogP contribution in [0.3, 0.4) is 0 Å². The predicted octanol–water partition coefficient (Wildman–Crippen LogP) is 1.25. The number of amides is 1. The van der Waals surface area contributed by atoms with E-state index in [1.54, 1.807) is 7.11 Å². The number of nitrogens with zero attached hydrogens (tertiary/aromatic N) is 4. The molecule has 2 aliphatic heterocycles. The number of carbonyl (C=O) groups is 1. The molecule has 0 aromatic carbocycles. The summed E-state index contributed by atoms with van der Waals surface area (Å²) in [5.74, 6) is 1.88. The largest absolute Gasteiger partial charge is 0.377 e. The number of hydrogen-bond acceptors (Lipinski definition) is 5. The van der Waals surface area contributed by atoms with Crippen LogP contribution in [0, 0.1) is 0 Å². The molecule has 1 fully saturated rings. The molecule has 2 aliphatic rings. The van der Waals surface area contributed by atoms with Crippen LogP contribution < -0.4 is 5.32 Å². The second-order valence-electron chi connectivity index (χ2n) is 6.72. The number of aryl methyl sites for hydroxylation is 1. The summed E-state index contributed by atoms with van der Waals surface area (Å²) in [6.07, 6.45) is 4.00. The van der Waals surface area contributed by atoms with Gasteiger partial charge in [0, 0.05) is 26.2 Å². The minimum absolute atomic E-state index is 0.0999. The first-order chi connectivity index (χ1) is 11.1. The van der Waals surface area contributed by atoms with Gasteiger partial charge in [-0.2, -0.15) is 5.10 Å². The molecule has 0 aliphatic carbocycles. The third-order valence-corrected chi connectivity index (χ3v) is 4.69. The standard InChI is InChI=1S/C16H27N5O2/c1-11(2)20-8-4-7-13(16(20)22)17-12-6-5-9-21-15(12)18-14(19-21)10-23-3/h11-13,17H,4-10H2,1-3H3. The average molecular weight is 321 g/mol. The van der Waals surface area contributed by atoms with Gasteiger partial charge in [0.1, 0.15) is 12.4 Å². The van der Waals surface area contributed by atoms with Gasteiger partial charge in [-0.05, 0) is 39.5 Å². The maximum Gasteiger partial charge on any atom is 0.239 e. The molecule has 1 aromatic heterocycles. The molecule has 0 radical (unpaired) electrons. The zero-order valence-corrected chi connectivity index (χ0v) is 14.3. The second kappa shape index (κ2) is 6.97. The van der Waals surface area contributed by atoms with Crippen molar-refractivity contribution in [1.29, 1.82) is 0 Å². The van der Waals surface area contributed by atoms with E-state index in [0.29, 0.717) is 6.61 Å². The van der Waals surface area contributed by atoms with Gasteiger partial charge in [0.15, 0.2) is 5.82 Å². The lowest BCUT2D eigenvalue weighted by atomic mass is 10.00. The first-order valence-electron chi connectivity index (χ1n) is 8.59. The molecule has 23 heavy (non-hydrogen) atoms. The summed E-state index contributed by atoms with van der Waals surface area (Å²) in [6.45, 7) is 6.34. The molecule has 0 saturated carbocycles. The van der Waals surface area contributed by atoms with Crippen molar-refractivity contribution in [1.82, 2.24) is 25.0 Å². The number of rotatable bonds is 5. The molecule has 3 rings (SSSR count). The molecule has 1 aromatic rings. The van der Waals surface area contributed by atoms with Crippen LogP contribution in [-0.4, -0.2) is 51.3 Å². The van der Waals surface area contributed by atoms with Crippen LogP contribution in [-0.2, 0) is 22.7 Å². The molecule has 0 spiro atoms. The third-order valence-electron chi connectivity index (χ3n) is 4.69. The highest BCUT2D eigenvalue weighted by Gasteiger charge is 2.34. The van der Waals surface area contributed by atoms with Crippen molar-refractivity contribution < 1.29 is 9.53 Å². The molecule has 128 valence electrons. The fourth-order valence-corrected chi connectivity index (χ4v) is 3.56. The summed E-state index contributed by atoms with van der Waals surface area (Å²) in [5, 5.41) is 8.04. The Morgan fingerprint density at radius 1 is 1.26 bits per heavy atom. The number of ether oxygens (including phenoxy) is 1. The lowest BCUT2D eigenvalue weighted by Crippen LogP contribution is -2.54. The number of hydrogen-bond donors (Lipinski definition) is 1. The highest BCUT2D eigenvalue weighted by Crippen LogP contribution is 2.26. The van der Waals surface area contributed by atoms with Gasteiger partial charge in [-0.1, -0.05) is 0 Å². The highest BCUT2D eigenvalue weighted by atomic mass is 16.5. The van der Waals surface area contributed by atoms with Crippen LogP contribution in [0.5, 0.6) is 0 Å².